The monoisotopic (exact) mass is 462 g/mol. The predicted octanol–water partition coefficient (Wildman–Crippen LogP) is 2.78. The van der Waals surface area contributed by atoms with Crippen LogP contribution in [0.3, 0.4) is 0 Å². The van der Waals surface area contributed by atoms with E-state index in [9.17, 15) is 14.4 Å². The number of benzene rings is 2. The summed E-state index contributed by atoms with van der Waals surface area (Å²) in [5, 5.41) is 4.76. The van der Waals surface area contributed by atoms with E-state index in [2.05, 4.69) is 10.6 Å². The molecule has 0 atom stereocenters. The summed E-state index contributed by atoms with van der Waals surface area (Å²) in [6.45, 7) is 1.06. The first-order valence-electron chi connectivity index (χ1n) is 9.76. The Labute approximate surface area is 187 Å². The molecule has 0 saturated carbocycles. The molecule has 32 heavy (non-hydrogen) atoms. The Balaban J connectivity index is 1.29. The molecule has 11 heteroatoms. The van der Waals surface area contributed by atoms with Crippen LogP contribution in [-0.4, -0.2) is 50.9 Å². The average molecular weight is 463 g/mol. The Morgan fingerprint density at radius 1 is 0.906 bits per heavy atom. The van der Waals surface area contributed by atoms with Crippen molar-refractivity contribution in [2.24, 2.45) is 0 Å². The standard InChI is InChI=1S/C21H19ClN2O8/c22-14-8-12(9-17-19(14)31-5-1-4-28-17)20(26)32-11-18(25)24-21(27)23-13-2-3-15-16(10-13)30-7-6-29-15/h2-3,8-10H,1,4-7,11H2,(H2,23,24,25,27). The Hall–Kier alpha value is -3.66. The van der Waals surface area contributed by atoms with Crippen LogP contribution in [0.15, 0.2) is 30.3 Å². The number of amides is 3. The number of imide groups is 1. The third-order valence-corrected chi connectivity index (χ3v) is 4.71. The number of urea groups is 1. The summed E-state index contributed by atoms with van der Waals surface area (Å²) in [7, 11) is 0. The maximum Gasteiger partial charge on any atom is 0.338 e. The fourth-order valence-electron chi connectivity index (χ4n) is 3.01. The topological polar surface area (TPSA) is 121 Å². The van der Waals surface area contributed by atoms with Crippen molar-refractivity contribution in [1.29, 1.82) is 0 Å². The third-order valence-electron chi connectivity index (χ3n) is 4.43. The molecule has 4 rings (SSSR count). The van der Waals surface area contributed by atoms with Crippen molar-refractivity contribution in [3.05, 3.63) is 40.9 Å². The van der Waals surface area contributed by atoms with Crippen LogP contribution in [-0.2, 0) is 9.53 Å². The normalized spacial score (nSPS) is 14.0. The van der Waals surface area contributed by atoms with Gasteiger partial charge in [0.05, 0.1) is 23.8 Å². The molecule has 2 aromatic carbocycles. The molecule has 0 fully saturated rings. The summed E-state index contributed by atoms with van der Waals surface area (Å²) in [5.74, 6) is 0.126. The van der Waals surface area contributed by atoms with Crippen molar-refractivity contribution in [2.75, 3.05) is 38.4 Å². The average Bonchev–Trinajstić information content (AvgIpc) is 3.03. The molecule has 0 spiro atoms. The quantitative estimate of drug-likeness (QED) is 0.665. The van der Waals surface area contributed by atoms with Crippen molar-refractivity contribution >= 4 is 35.2 Å². The molecular formula is C21H19ClN2O8. The maximum atomic E-state index is 12.3. The van der Waals surface area contributed by atoms with E-state index in [1.807, 2.05) is 0 Å². The van der Waals surface area contributed by atoms with E-state index in [0.717, 1.165) is 0 Å². The summed E-state index contributed by atoms with van der Waals surface area (Å²) in [4.78, 5) is 36.3. The fourth-order valence-corrected chi connectivity index (χ4v) is 3.27. The van der Waals surface area contributed by atoms with Gasteiger partial charge in [-0.1, -0.05) is 11.6 Å². The highest BCUT2D eigenvalue weighted by molar-refractivity contribution is 6.32. The molecule has 0 radical (unpaired) electrons. The Morgan fingerprint density at radius 2 is 1.66 bits per heavy atom. The fraction of sp³-hybridized carbons (Fsp3) is 0.286. The van der Waals surface area contributed by atoms with Gasteiger partial charge in [0, 0.05) is 18.2 Å². The van der Waals surface area contributed by atoms with E-state index in [0.29, 0.717) is 61.5 Å². The number of ether oxygens (including phenoxy) is 5. The summed E-state index contributed by atoms with van der Waals surface area (Å²) in [6, 6.07) is 6.83. The Kier molecular flexibility index (Phi) is 6.50. The lowest BCUT2D eigenvalue weighted by molar-refractivity contribution is -0.123. The molecule has 10 nitrogen and oxygen atoms in total. The van der Waals surface area contributed by atoms with Crippen LogP contribution in [0.25, 0.3) is 0 Å². The number of rotatable bonds is 4. The van der Waals surface area contributed by atoms with Crippen LogP contribution in [0, 0.1) is 0 Å². The molecule has 2 heterocycles. The van der Waals surface area contributed by atoms with Gasteiger partial charge >= 0.3 is 12.0 Å². The van der Waals surface area contributed by atoms with Gasteiger partial charge in [0.15, 0.2) is 29.6 Å². The lowest BCUT2D eigenvalue weighted by Gasteiger charge is -2.19. The second-order valence-electron chi connectivity index (χ2n) is 6.77. The van der Waals surface area contributed by atoms with Crippen molar-refractivity contribution in [1.82, 2.24) is 5.32 Å². The predicted molar refractivity (Wildman–Crippen MR) is 112 cm³/mol. The lowest BCUT2D eigenvalue weighted by atomic mass is 10.2. The Bertz CT molecular complexity index is 1060. The molecule has 2 aliphatic rings. The van der Waals surface area contributed by atoms with Crippen molar-refractivity contribution in [3.63, 3.8) is 0 Å². The van der Waals surface area contributed by atoms with E-state index in [1.54, 1.807) is 18.2 Å². The highest BCUT2D eigenvalue weighted by atomic mass is 35.5. The molecule has 0 saturated heterocycles. The number of fused-ring (bicyclic) bond motifs is 2. The van der Waals surface area contributed by atoms with E-state index >= 15 is 0 Å². The lowest BCUT2D eigenvalue weighted by Crippen LogP contribution is -2.37. The first-order chi connectivity index (χ1) is 15.5. The van der Waals surface area contributed by atoms with Crippen LogP contribution in [0.5, 0.6) is 23.0 Å². The number of carbonyl (C=O) groups is 3. The minimum Gasteiger partial charge on any atom is -0.489 e. The molecular weight excluding hydrogens is 444 g/mol. The minimum absolute atomic E-state index is 0.0905. The van der Waals surface area contributed by atoms with Gasteiger partial charge < -0.3 is 29.0 Å². The second-order valence-corrected chi connectivity index (χ2v) is 7.18. The number of halogens is 1. The number of hydrogen-bond acceptors (Lipinski definition) is 8. The largest absolute Gasteiger partial charge is 0.489 e. The molecule has 0 aliphatic carbocycles. The zero-order valence-corrected chi connectivity index (χ0v) is 17.5. The summed E-state index contributed by atoms with van der Waals surface area (Å²) in [5.41, 5.74) is 0.492. The van der Waals surface area contributed by atoms with Gasteiger partial charge in [-0.05, 0) is 24.3 Å². The van der Waals surface area contributed by atoms with Crippen molar-refractivity contribution < 1.29 is 38.1 Å². The highest BCUT2D eigenvalue weighted by Crippen LogP contribution is 2.38. The van der Waals surface area contributed by atoms with Gasteiger partial charge in [-0.3, -0.25) is 10.1 Å². The van der Waals surface area contributed by atoms with E-state index in [4.69, 9.17) is 35.3 Å². The minimum atomic E-state index is -0.811. The van der Waals surface area contributed by atoms with E-state index in [-0.39, 0.29) is 10.6 Å². The van der Waals surface area contributed by atoms with Crippen molar-refractivity contribution in [2.45, 2.75) is 6.42 Å². The summed E-state index contributed by atoms with van der Waals surface area (Å²) in [6.07, 6.45) is 0.680. The number of hydrogen-bond donors (Lipinski definition) is 2. The SMILES string of the molecule is O=C(COC(=O)c1cc(Cl)c2c(c1)OCCCO2)NC(=O)Nc1ccc2c(c1)OCCO2. The maximum absolute atomic E-state index is 12.3. The van der Waals surface area contributed by atoms with Gasteiger partial charge in [0.25, 0.3) is 5.91 Å². The second kappa shape index (κ2) is 9.65. The Morgan fingerprint density at radius 3 is 2.50 bits per heavy atom. The van der Waals surface area contributed by atoms with Crippen LogP contribution in [0.1, 0.15) is 16.8 Å². The molecule has 0 bridgehead atoms. The van der Waals surface area contributed by atoms with Gasteiger partial charge in [-0.2, -0.15) is 0 Å². The first kappa shape index (κ1) is 21.6. The first-order valence-corrected chi connectivity index (χ1v) is 10.1. The molecule has 0 unspecified atom stereocenters. The molecule has 0 aromatic heterocycles. The number of carbonyl (C=O) groups excluding carboxylic acids is 3. The van der Waals surface area contributed by atoms with Gasteiger partial charge in [0.2, 0.25) is 0 Å². The van der Waals surface area contributed by atoms with Crippen LogP contribution >= 0.6 is 11.6 Å². The third kappa shape index (κ3) is 5.14. The van der Waals surface area contributed by atoms with Crippen LogP contribution in [0.4, 0.5) is 10.5 Å². The van der Waals surface area contributed by atoms with Gasteiger partial charge in [-0.25, -0.2) is 9.59 Å². The zero-order valence-electron chi connectivity index (χ0n) is 16.8. The molecule has 2 aliphatic heterocycles. The number of anilines is 1. The van der Waals surface area contributed by atoms with Crippen LogP contribution in [0.2, 0.25) is 5.02 Å². The van der Waals surface area contributed by atoms with Crippen molar-refractivity contribution in [3.8, 4) is 23.0 Å². The molecule has 2 aromatic rings. The molecule has 2 N–H and O–H groups in total. The molecule has 3 amide bonds. The van der Waals surface area contributed by atoms with E-state index in [1.165, 1.54) is 12.1 Å². The molecule has 168 valence electrons. The number of nitrogens with one attached hydrogen (secondary N) is 2. The zero-order chi connectivity index (χ0) is 22.5. The van der Waals surface area contributed by atoms with Gasteiger partial charge in [-0.15, -0.1) is 0 Å². The van der Waals surface area contributed by atoms with Crippen LogP contribution < -0.4 is 29.6 Å². The number of esters is 1. The highest BCUT2D eigenvalue weighted by Gasteiger charge is 2.20. The van der Waals surface area contributed by atoms with Gasteiger partial charge in [0.1, 0.15) is 13.2 Å². The smallest absolute Gasteiger partial charge is 0.338 e. The summed E-state index contributed by atoms with van der Waals surface area (Å²) < 4.78 is 26.8. The van der Waals surface area contributed by atoms with E-state index < -0.39 is 24.5 Å². The summed E-state index contributed by atoms with van der Waals surface area (Å²) >= 11 is 6.16.